The third-order valence-corrected chi connectivity index (χ3v) is 5.11. The SMILES string of the molecule is C1=Cc2cc3cc(-c4ccccn4)c(cc4nc(cc5ccc(cc1n2)[nH]5)C=C4)[nH]3.[Zn]. The van der Waals surface area contributed by atoms with Crippen LogP contribution in [0, 0.1) is 0 Å². The van der Waals surface area contributed by atoms with Crippen molar-refractivity contribution in [1.29, 1.82) is 0 Å². The number of aromatic amines is 2. The molecule has 6 rings (SSSR count). The summed E-state index contributed by atoms with van der Waals surface area (Å²) in [5, 5.41) is 0. The van der Waals surface area contributed by atoms with Crippen LogP contribution in [0.1, 0.15) is 22.8 Å². The molecule has 6 heterocycles. The quantitative estimate of drug-likeness (QED) is 0.314. The Morgan fingerprint density at radius 3 is 1.81 bits per heavy atom. The number of hydrogen-bond donors (Lipinski definition) is 2. The van der Waals surface area contributed by atoms with Crippen LogP contribution in [0.25, 0.3) is 57.6 Å². The van der Waals surface area contributed by atoms with Crippen LogP contribution in [0.3, 0.4) is 0 Å². The smallest absolute Gasteiger partial charge is 0.0723 e. The molecule has 8 bridgehead atoms. The Balaban J connectivity index is 0.00000204. The summed E-state index contributed by atoms with van der Waals surface area (Å²) in [6.07, 6.45) is 9.90. The predicted octanol–water partition coefficient (Wildman–Crippen LogP) is 5.72. The van der Waals surface area contributed by atoms with E-state index in [1.807, 2.05) is 79.0 Å². The van der Waals surface area contributed by atoms with E-state index >= 15 is 0 Å². The maximum Gasteiger partial charge on any atom is 0.0723 e. The Hall–Kier alpha value is -3.63. The molecule has 4 aromatic rings. The second-order valence-corrected chi connectivity index (χ2v) is 7.30. The van der Waals surface area contributed by atoms with Gasteiger partial charge in [0.2, 0.25) is 0 Å². The van der Waals surface area contributed by atoms with Crippen LogP contribution in [-0.2, 0) is 19.5 Å². The van der Waals surface area contributed by atoms with Gasteiger partial charge in [0.25, 0.3) is 0 Å². The molecule has 0 saturated heterocycles. The molecule has 0 spiro atoms. The molecule has 0 fully saturated rings. The minimum absolute atomic E-state index is 0. The van der Waals surface area contributed by atoms with Gasteiger partial charge in [0.1, 0.15) is 0 Å². The van der Waals surface area contributed by atoms with Gasteiger partial charge in [0, 0.05) is 47.8 Å². The first kappa shape index (κ1) is 19.3. The maximum atomic E-state index is 4.75. The molecule has 0 amide bonds. The van der Waals surface area contributed by atoms with Crippen molar-refractivity contribution in [2.75, 3.05) is 0 Å². The fraction of sp³-hybridized carbons (Fsp3) is 0. The van der Waals surface area contributed by atoms with Gasteiger partial charge in [-0.05, 0) is 78.9 Å². The summed E-state index contributed by atoms with van der Waals surface area (Å²) in [7, 11) is 0. The largest absolute Gasteiger partial charge is 0.355 e. The normalized spacial score (nSPS) is 12.0. The molecule has 0 atom stereocenters. The Kier molecular flexibility index (Phi) is 4.93. The molecule has 0 aromatic carbocycles. The summed E-state index contributed by atoms with van der Waals surface area (Å²) in [5.41, 5.74) is 9.53. The monoisotopic (exact) mass is 451 g/mol. The number of nitrogens with one attached hydrogen (secondary N) is 2. The molecule has 0 unspecified atom stereocenters. The summed E-state index contributed by atoms with van der Waals surface area (Å²) in [5.74, 6) is 0. The number of H-pyrrole nitrogens is 2. The zero-order valence-electron chi connectivity index (χ0n) is 16.7. The van der Waals surface area contributed by atoms with E-state index < -0.39 is 0 Å². The molecule has 4 aromatic heterocycles. The van der Waals surface area contributed by atoms with Crippen LogP contribution in [0.2, 0.25) is 0 Å². The van der Waals surface area contributed by atoms with Gasteiger partial charge in [0.15, 0.2) is 0 Å². The van der Waals surface area contributed by atoms with E-state index in [4.69, 9.17) is 9.97 Å². The fourth-order valence-corrected chi connectivity index (χ4v) is 3.75. The minimum Gasteiger partial charge on any atom is -0.355 e. The van der Waals surface area contributed by atoms with E-state index in [-0.39, 0.29) is 19.5 Å². The van der Waals surface area contributed by atoms with Gasteiger partial charge in [-0.25, -0.2) is 9.97 Å². The Morgan fingerprint density at radius 1 is 0.581 bits per heavy atom. The zero-order chi connectivity index (χ0) is 19.9. The van der Waals surface area contributed by atoms with Crippen molar-refractivity contribution in [3.8, 4) is 11.3 Å². The Morgan fingerprint density at radius 2 is 1.19 bits per heavy atom. The number of pyridine rings is 1. The van der Waals surface area contributed by atoms with Gasteiger partial charge >= 0.3 is 0 Å². The topological polar surface area (TPSA) is 70.2 Å². The van der Waals surface area contributed by atoms with E-state index in [0.717, 1.165) is 56.1 Å². The second-order valence-electron chi connectivity index (χ2n) is 7.30. The molecule has 2 N–H and O–H groups in total. The van der Waals surface area contributed by atoms with Gasteiger partial charge in [-0.1, -0.05) is 6.07 Å². The molecule has 2 aliphatic rings. The van der Waals surface area contributed by atoms with E-state index in [9.17, 15) is 0 Å². The molecule has 0 saturated carbocycles. The van der Waals surface area contributed by atoms with Gasteiger partial charge in [-0.2, -0.15) is 0 Å². The molecule has 0 aliphatic carbocycles. The van der Waals surface area contributed by atoms with Crippen molar-refractivity contribution in [1.82, 2.24) is 24.9 Å². The molecule has 144 valence electrons. The fourth-order valence-electron chi connectivity index (χ4n) is 3.75. The average molecular weight is 453 g/mol. The standard InChI is InChI=1S/C25H17N5.Zn/c1-2-10-26-24(3-1)23-14-22-13-20-7-6-18(28-20)11-16-4-5-17(27-16)12-19-8-9-21(29-19)15-25(23)30-22;/h1-15,27,30H;. The third kappa shape index (κ3) is 3.90. The van der Waals surface area contributed by atoms with Gasteiger partial charge in [-0.3, -0.25) is 4.98 Å². The summed E-state index contributed by atoms with van der Waals surface area (Å²) in [4.78, 5) is 20.9. The first-order valence-corrected chi connectivity index (χ1v) is 9.78. The summed E-state index contributed by atoms with van der Waals surface area (Å²) in [6.45, 7) is 0. The molecule has 6 heteroatoms. The summed E-state index contributed by atoms with van der Waals surface area (Å²) in [6, 6.07) is 20.3. The number of fused-ring (bicyclic) bond motifs is 8. The molecule has 5 nitrogen and oxygen atoms in total. The van der Waals surface area contributed by atoms with Gasteiger partial charge < -0.3 is 9.97 Å². The third-order valence-electron chi connectivity index (χ3n) is 5.11. The first-order valence-electron chi connectivity index (χ1n) is 9.78. The minimum atomic E-state index is 0. The van der Waals surface area contributed by atoms with Crippen molar-refractivity contribution in [3.05, 3.63) is 89.6 Å². The Labute approximate surface area is 191 Å². The van der Waals surface area contributed by atoms with E-state index in [2.05, 4.69) is 27.1 Å². The van der Waals surface area contributed by atoms with E-state index in [1.54, 1.807) is 0 Å². The molecule has 2 aliphatic heterocycles. The summed E-state index contributed by atoms with van der Waals surface area (Å²) < 4.78 is 0. The van der Waals surface area contributed by atoms with Crippen LogP contribution >= 0.6 is 0 Å². The number of nitrogens with zero attached hydrogens (tertiary/aromatic N) is 3. The molecule has 0 radical (unpaired) electrons. The maximum absolute atomic E-state index is 4.75. The van der Waals surface area contributed by atoms with Crippen molar-refractivity contribution >= 4 is 46.4 Å². The van der Waals surface area contributed by atoms with Crippen molar-refractivity contribution in [3.63, 3.8) is 0 Å². The van der Waals surface area contributed by atoms with Crippen LogP contribution < -0.4 is 0 Å². The summed E-state index contributed by atoms with van der Waals surface area (Å²) >= 11 is 0. The van der Waals surface area contributed by atoms with Crippen molar-refractivity contribution in [2.24, 2.45) is 0 Å². The molecular formula is C25H17N5Zn. The van der Waals surface area contributed by atoms with E-state index in [1.165, 1.54) is 0 Å². The van der Waals surface area contributed by atoms with Crippen LogP contribution in [0.4, 0.5) is 0 Å². The second kappa shape index (κ2) is 7.90. The number of aromatic nitrogens is 5. The zero-order valence-corrected chi connectivity index (χ0v) is 19.7. The predicted molar refractivity (Wildman–Crippen MR) is 122 cm³/mol. The van der Waals surface area contributed by atoms with Crippen molar-refractivity contribution in [2.45, 2.75) is 0 Å². The Bertz CT molecular complexity index is 1490. The number of rotatable bonds is 1. The van der Waals surface area contributed by atoms with Crippen LogP contribution in [-0.4, -0.2) is 24.9 Å². The van der Waals surface area contributed by atoms with Crippen LogP contribution in [0.5, 0.6) is 0 Å². The van der Waals surface area contributed by atoms with E-state index in [0.29, 0.717) is 0 Å². The van der Waals surface area contributed by atoms with Crippen LogP contribution in [0.15, 0.2) is 66.9 Å². The molecule has 31 heavy (non-hydrogen) atoms. The average Bonchev–Trinajstić information content (AvgIpc) is 3.53. The van der Waals surface area contributed by atoms with Gasteiger partial charge in [0.05, 0.1) is 34.0 Å². The first-order chi connectivity index (χ1) is 14.8. The van der Waals surface area contributed by atoms with Crippen molar-refractivity contribution < 1.29 is 19.5 Å². The number of hydrogen-bond acceptors (Lipinski definition) is 3. The van der Waals surface area contributed by atoms with Gasteiger partial charge in [-0.15, -0.1) is 0 Å². The molecular weight excluding hydrogens is 436 g/mol.